The van der Waals surface area contributed by atoms with Crippen LogP contribution in [0.1, 0.15) is 19.3 Å². The van der Waals surface area contributed by atoms with Gasteiger partial charge in [-0.2, -0.15) is 0 Å². The average molecular weight is 1010 g/mol. The molecule has 4 heterocycles. The third-order valence-electron chi connectivity index (χ3n) is 11.4. The Bertz CT molecular complexity index is 1250. The summed E-state index contributed by atoms with van der Waals surface area (Å²) in [4.78, 5) is 0. The van der Waals surface area contributed by atoms with Crippen LogP contribution in [0.3, 0.4) is 0 Å². The number of aliphatic hydroxyl groups is 16. The second kappa shape index (κ2) is 28.8. The van der Waals surface area contributed by atoms with Crippen LogP contribution in [0.15, 0.2) is 0 Å². The minimum atomic E-state index is -1.79. The molecule has 4 rings (SSSR count). The summed E-state index contributed by atoms with van der Waals surface area (Å²) in [6, 6.07) is 0. The average Bonchev–Trinajstić information content (AvgIpc) is 3.31. The van der Waals surface area contributed by atoms with Crippen molar-refractivity contribution >= 4 is 35.3 Å². The van der Waals surface area contributed by atoms with Crippen LogP contribution in [-0.4, -0.2) is 292 Å². The first-order valence-corrected chi connectivity index (χ1v) is 24.6. The van der Waals surface area contributed by atoms with Gasteiger partial charge >= 0.3 is 0 Å². The molecule has 0 radical (unpaired) electrons. The summed E-state index contributed by atoms with van der Waals surface area (Å²) < 4.78 is 45.7. The summed E-state index contributed by atoms with van der Waals surface area (Å²) in [5.41, 5.74) is -3.87. The van der Waals surface area contributed by atoms with Crippen molar-refractivity contribution in [3.8, 4) is 0 Å². The Balaban J connectivity index is 1.24. The lowest BCUT2D eigenvalue weighted by Gasteiger charge is -2.46. The van der Waals surface area contributed by atoms with Crippen LogP contribution < -0.4 is 0 Å². The van der Waals surface area contributed by atoms with Crippen molar-refractivity contribution in [3.05, 3.63) is 0 Å². The molecule has 4 fully saturated rings. The molecule has 4 aliphatic heterocycles. The van der Waals surface area contributed by atoms with Gasteiger partial charge in [-0.05, 0) is 36.5 Å². The highest BCUT2D eigenvalue weighted by molar-refractivity contribution is 8.00. The largest absolute Gasteiger partial charge is 0.396 e. The molecule has 0 amide bonds. The lowest BCUT2D eigenvalue weighted by molar-refractivity contribution is -0.338. The van der Waals surface area contributed by atoms with Gasteiger partial charge in [0.2, 0.25) is 0 Å². The predicted molar refractivity (Wildman–Crippen MR) is 227 cm³/mol. The summed E-state index contributed by atoms with van der Waals surface area (Å²) in [6.45, 7) is -2.33. The van der Waals surface area contributed by atoms with Gasteiger partial charge in [-0.1, -0.05) is 0 Å². The first-order valence-electron chi connectivity index (χ1n) is 21.5. The zero-order valence-corrected chi connectivity index (χ0v) is 38.2. The van der Waals surface area contributed by atoms with Gasteiger partial charge in [0.05, 0.1) is 58.3 Å². The highest BCUT2D eigenvalue weighted by atomic mass is 32.2. The smallest absolute Gasteiger partial charge is 0.187 e. The molecule has 0 aliphatic carbocycles. The fraction of sp³-hybridized carbons (Fsp3) is 1.00. The minimum absolute atomic E-state index is 0.00249. The summed E-state index contributed by atoms with van der Waals surface area (Å²) in [6.07, 6.45) is -23.4. The van der Waals surface area contributed by atoms with Crippen LogP contribution >= 0.6 is 35.3 Å². The van der Waals surface area contributed by atoms with Crippen LogP contribution in [0.4, 0.5) is 0 Å². The van der Waals surface area contributed by atoms with Gasteiger partial charge in [-0.25, -0.2) is 0 Å². The minimum Gasteiger partial charge on any atom is -0.396 e. The van der Waals surface area contributed by atoms with Gasteiger partial charge in [-0.3, -0.25) is 0 Å². The maximum atomic E-state index is 10.9. The normalized spacial score (nSPS) is 40.6. The van der Waals surface area contributed by atoms with E-state index < -0.39 is 159 Å². The number of hydrogen-bond acceptors (Lipinski definition) is 27. The number of hydrogen-bond donors (Lipinski definition) is 16. The molecule has 27 heteroatoms. The van der Waals surface area contributed by atoms with E-state index in [1.807, 2.05) is 0 Å². The monoisotopic (exact) mass is 1010 g/mol. The number of ether oxygens (including phenoxy) is 8. The fourth-order valence-corrected chi connectivity index (χ4v) is 10.6. The number of rotatable bonds is 28. The van der Waals surface area contributed by atoms with E-state index in [-0.39, 0.29) is 39.6 Å². The molecule has 0 aromatic heterocycles. The second-order valence-electron chi connectivity index (χ2n) is 16.4. The van der Waals surface area contributed by atoms with Crippen LogP contribution in [0.25, 0.3) is 0 Å². The van der Waals surface area contributed by atoms with Crippen LogP contribution in [0.5, 0.6) is 0 Å². The molecule has 384 valence electrons. The second-order valence-corrected chi connectivity index (χ2v) is 20.0. The van der Waals surface area contributed by atoms with Crippen molar-refractivity contribution in [2.45, 2.75) is 140 Å². The molecule has 24 nitrogen and oxygen atoms in total. The van der Waals surface area contributed by atoms with E-state index in [2.05, 4.69) is 0 Å². The van der Waals surface area contributed by atoms with Crippen LogP contribution in [0, 0.1) is 5.41 Å². The summed E-state index contributed by atoms with van der Waals surface area (Å²) in [5.74, 6) is 1.15. The molecule has 0 unspecified atom stereocenters. The van der Waals surface area contributed by atoms with Gasteiger partial charge in [0.25, 0.3) is 0 Å². The van der Waals surface area contributed by atoms with Gasteiger partial charge in [0.1, 0.15) is 114 Å². The molecular formula is C38H70O24S3. The maximum absolute atomic E-state index is 10.9. The Morgan fingerprint density at radius 2 is 0.723 bits per heavy atom. The first kappa shape index (κ1) is 57.7. The van der Waals surface area contributed by atoms with Crippen LogP contribution in [-0.2, 0) is 37.9 Å². The van der Waals surface area contributed by atoms with E-state index in [0.29, 0.717) is 36.5 Å². The molecule has 0 bridgehead atoms. The summed E-state index contributed by atoms with van der Waals surface area (Å²) in [5, 5.41) is 162. The number of aliphatic hydroxyl groups excluding tert-OH is 16. The summed E-state index contributed by atoms with van der Waals surface area (Å²) >= 11 is 3.46. The topological polar surface area (TPSA) is 398 Å². The van der Waals surface area contributed by atoms with Gasteiger partial charge in [0, 0.05) is 19.8 Å². The lowest BCUT2D eigenvalue weighted by atomic mass is 9.92. The van der Waals surface area contributed by atoms with Gasteiger partial charge in [0.15, 0.2) is 6.29 Å². The highest BCUT2D eigenvalue weighted by Crippen LogP contribution is 2.34. The van der Waals surface area contributed by atoms with Crippen molar-refractivity contribution in [3.63, 3.8) is 0 Å². The van der Waals surface area contributed by atoms with Crippen LogP contribution in [0.2, 0.25) is 0 Å². The van der Waals surface area contributed by atoms with E-state index in [0.717, 1.165) is 11.8 Å². The molecule has 4 aliphatic rings. The third kappa shape index (κ3) is 15.8. The Morgan fingerprint density at radius 3 is 1.09 bits per heavy atom. The van der Waals surface area contributed by atoms with Crippen molar-refractivity contribution in [2.24, 2.45) is 5.41 Å². The number of thioether (sulfide) groups is 3. The predicted octanol–water partition coefficient (Wildman–Crippen LogP) is -7.39. The first-order chi connectivity index (χ1) is 31.1. The van der Waals surface area contributed by atoms with E-state index >= 15 is 0 Å². The molecule has 65 heavy (non-hydrogen) atoms. The highest BCUT2D eigenvalue weighted by Gasteiger charge is 2.51. The SMILES string of the molecule is OC[C@H]1O[C@@H](O[C@H]2[C@H](O)[C@@H](O)[C@H](SCCCOCC(CO)(COCCCS[C@@H]3O[C@H](CO)[C@@H](O)[C@H](O)[C@H]3O)COCCCS[C@@H]3O[C@H](CO)[C@@H](O)[C@H](O)[C@H]3O)O[C@@H]2CO)[C@H](O)[C@@H](O)[C@H]1O. The quantitative estimate of drug-likeness (QED) is 0.0324. The van der Waals surface area contributed by atoms with E-state index in [4.69, 9.17) is 37.9 Å². The standard InChI is InChI=1S/C38H70O24S3/c39-10-18-22(44)25(47)29(51)34(58-18)62-33-21(13-42)61-37(32(54)28(33)50)65-9-3-6-57-17-38(14-43,15-55-4-1-7-63-35-30(52)26(48)23(45)19(11-40)59-35)16-56-5-2-8-64-36-31(53)27(49)24(46)20(12-41)60-36/h18-37,39-54H,1-17H2/t18-,19-,20-,21-,22+,23-,24-,25+,26+,27+,28-,29-,30-,31-,32-,33-,34+,35+,36+,37+/m1/s1. The molecule has 0 aromatic carbocycles. The van der Waals surface area contributed by atoms with E-state index in [1.54, 1.807) is 0 Å². The fourth-order valence-electron chi connectivity index (χ4n) is 7.31. The Hall–Kier alpha value is 0.0900. The van der Waals surface area contributed by atoms with Crippen molar-refractivity contribution in [1.82, 2.24) is 0 Å². The van der Waals surface area contributed by atoms with Crippen molar-refractivity contribution in [1.29, 1.82) is 0 Å². The van der Waals surface area contributed by atoms with Gasteiger partial charge in [-0.15, -0.1) is 35.3 Å². The van der Waals surface area contributed by atoms with E-state index in [9.17, 15) is 81.7 Å². The third-order valence-corrected chi connectivity index (χ3v) is 15.1. The Morgan fingerprint density at radius 1 is 0.385 bits per heavy atom. The molecule has 0 aromatic rings. The van der Waals surface area contributed by atoms with Gasteiger partial charge < -0.3 is 120 Å². The Kier molecular flexibility index (Phi) is 25.6. The molecule has 0 saturated carbocycles. The zero-order valence-electron chi connectivity index (χ0n) is 35.7. The molecule has 4 saturated heterocycles. The maximum Gasteiger partial charge on any atom is 0.187 e. The molecule has 20 atom stereocenters. The molecule has 0 spiro atoms. The Labute approximate surface area is 388 Å². The molecular weight excluding hydrogens is 937 g/mol. The molecule has 16 N–H and O–H groups in total. The van der Waals surface area contributed by atoms with E-state index in [1.165, 1.54) is 23.5 Å². The zero-order chi connectivity index (χ0) is 47.8. The lowest BCUT2D eigenvalue weighted by Crippen LogP contribution is -2.64. The van der Waals surface area contributed by atoms with Crippen molar-refractivity contribution < 1.29 is 120 Å². The van der Waals surface area contributed by atoms with Crippen molar-refractivity contribution in [2.75, 3.05) is 89.9 Å². The summed E-state index contributed by atoms with van der Waals surface area (Å²) in [7, 11) is 0.